The third kappa shape index (κ3) is 3.54. The third-order valence-electron chi connectivity index (χ3n) is 3.68. The Labute approximate surface area is 160 Å². The molecule has 0 saturated heterocycles. The maximum absolute atomic E-state index is 6.34. The van der Waals surface area contributed by atoms with Crippen LogP contribution in [0.3, 0.4) is 0 Å². The Hall–Kier alpha value is -0.880. The Morgan fingerprint density at radius 2 is 1.04 bits per heavy atom. The van der Waals surface area contributed by atoms with Gasteiger partial charge in [0.2, 0.25) is 0 Å². The van der Waals surface area contributed by atoms with Gasteiger partial charge in [0, 0.05) is 21.2 Å². The van der Waals surface area contributed by atoms with Crippen LogP contribution in [-0.2, 0) is 0 Å². The lowest BCUT2D eigenvalue weighted by Gasteiger charge is -2.25. The zero-order valence-corrected chi connectivity index (χ0v) is 16.0. The molecule has 8 heteroatoms. The van der Waals surface area contributed by atoms with Crippen LogP contribution in [-0.4, -0.2) is 14.2 Å². The highest BCUT2D eigenvalue weighted by atomic mass is 35.5. The molecule has 0 aliphatic heterocycles. The van der Waals surface area contributed by atoms with Gasteiger partial charge < -0.3 is 20.9 Å². The summed E-state index contributed by atoms with van der Waals surface area (Å²) in [6, 6.07) is 5.06. The van der Waals surface area contributed by atoms with E-state index in [1.165, 1.54) is 14.2 Å². The first-order chi connectivity index (χ1) is 11.3. The van der Waals surface area contributed by atoms with Crippen LogP contribution in [0.1, 0.15) is 23.2 Å². The fraction of sp³-hybridized carbons (Fsp3) is 0.250. The molecule has 0 bridgehead atoms. The van der Waals surface area contributed by atoms with Crippen LogP contribution in [0, 0.1) is 0 Å². The quantitative estimate of drug-likeness (QED) is 0.727. The highest BCUT2D eigenvalue weighted by Crippen LogP contribution is 2.44. The molecule has 2 aromatic carbocycles. The molecule has 0 saturated carbocycles. The average molecular weight is 410 g/mol. The van der Waals surface area contributed by atoms with E-state index < -0.39 is 12.1 Å². The Balaban J connectivity index is 2.54. The minimum atomic E-state index is -0.762. The molecule has 2 rings (SSSR count). The molecule has 0 aliphatic carbocycles. The smallest absolute Gasteiger partial charge is 0.137 e. The first kappa shape index (κ1) is 19.4. The maximum atomic E-state index is 6.34. The van der Waals surface area contributed by atoms with E-state index in [0.717, 1.165) is 0 Å². The van der Waals surface area contributed by atoms with Crippen molar-refractivity contribution >= 4 is 46.4 Å². The summed E-state index contributed by atoms with van der Waals surface area (Å²) in [4.78, 5) is 0. The molecule has 4 nitrogen and oxygen atoms in total. The lowest BCUT2D eigenvalue weighted by Crippen LogP contribution is -2.27. The van der Waals surface area contributed by atoms with Gasteiger partial charge in [0.1, 0.15) is 11.5 Å². The summed E-state index contributed by atoms with van der Waals surface area (Å²) in [6.45, 7) is 0. The molecule has 0 heterocycles. The number of nitrogens with two attached hydrogens (primary N) is 2. The van der Waals surface area contributed by atoms with E-state index in [-0.39, 0.29) is 0 Å². The monoisotopic (exact) mass is 408 g/mol. The van der Waals surface area contributed by atoms with Crippen LogP contribution >= 0.6 is 46.4 Å². The molecule has 0 unspecified atom stereocenters. The molecule has 130 valence electrons. The predicted molar refractivity (Wildman–Crippen MR) is 99.9 cm³/mol. The molecule has 0 radical (unpaired) electrons. The number of rotatable bonds is 5. The lowest BCUT2D eigenvalue weighted by atomic mass is 9.94. The van der Waals surface area contributed by atoms with Gasteiger partial charge in [0.05, 0.1) is 36.3 Å². The van der Waals surface area contributed by atoms with Crippen molar-refractivity contribution in [1.29, 1.82) is 0 Å². The summed E-state index contributed by atoms with van der Waals surface area (Å²) in [5.74, 6) is 0.892. The summed E-state index contributed by atoms with van der Waals surface area (Å²) in [7, 11) is 3.00. The molecule has 0 fully saturated rings. The molecular weight excluding hydrogens is 394 g/mol. The van der Waals surface area contributed by atoms with Gasteiger partial charge in [0.15, 0.2) is 0 Å². The zero-order valence-electron chi connectivity index (χ0n) is 12.9. The number of ether oxygens (including phenoxy) is 2. The van der Waals surface area contributed by atoms with Crippen molar-refractivity contribution in [2.24, 2.45) is 11.5 Å². The van der Waals surface area contributed by atoms with Gasteiger partial charge in [-0.3, -0.25) is 0 Å². The van der Waals surface area contributed by atoms with Gasteiger partial charge in [-0.25, -0.2) is 0 Å². The first-order valence-electron chi connectivity index (χ1n) is 6.88. The summed E-state index contributed by atoms with van der Waals surface area (Å²) in [6.07, 6.45) is 0. The van der Waals surface area contributed by atoms with Crippen molar-refractivity contribution in [3.8, 4) is 11.5 Å². The van der Waals surface area contributed by atoms with Crippen molar-refractivity contribution in [1.82, 2.24) is 0 Å². The average Bonchev–Trinajstić information content (AvgIpc) is 2.55. The van der Waals surface area contributed by atoms with Gasteiger partial charge in [-0.1, -0.05) is 46.4 Å². The van der Waals surface area contributed by atoms with E-state index >= 15 is 0 Å². The molecule has 0 amide bonds. The highest BCUT2D eigenvalue weighted by Gasteiger charge is 2.28. The largest absolute Gasteiger partial charge is 0.495 e. The number of methoxy groups -OCH3 is 2. The van der Waals surface area contributed by atoms with Crippen molar-refractivity contribution < 1.29 is 9.47 Å². The molecule has 0 aliphatic rings. The van der Waals surface area contributed by atoms with Gasteiger partial charge >= 0.3 is 0 Å². The van der Waals surface area contributed by atoms with Crippen LogP contribution < -0.4 is 20.9 Å². The number of hydrogen-bond acceptors (Lipinski definition) is 4. The normalized spacial score (nSPS) is 13.5. The lowest BCUT2D eigenvalue weighted by molar-refractivity contribution is 0.412. The molecule has 0 spiro atoms. The van der Waals surface area contributed by atoms with Crippen molar-refractivity contribution in [2.45, 2.75) is 12.1 Å². The standard InChI is InChI=1S/C16H16Cl4N2O2/c1-23-9-5-3-7(17)11(13(9)19)15(21)16(22)12-8(18)4-6-10(24-2)14(12)20/h3-6,15-16H,21-22H2,1-2H3/t15-,16+. The highest BCUT2D eigenvalue weighted by molar-refractivity contribution is 6.38. The number of benzene rings is 2. The van der Waals surface area contributed by atoms with E-state index in [9.17, 15) is 0 Å². The van der Waals surface area contributed by atoms with E-state index in [2.05, 4.69) is 0 Å². The van der Waals surface area contributed by atoms with Crippen molar-refractivity contribution in [3.63, 3.8) is 0 Å². The summed E-state index contributed by atoms with van der Waals surface area (Å²) >= 11 is 25.2. The molecule has 0 aromatic heterocycles. The van der Waals surface area contributed by atoms with Crippen LogP contribution in [0.2, 0.25) is 20.1 Å². The molecule has 2 atom stereocenters. The van der Waals surface area contributed by atoms with Gasteiger partial charge in [0.25, 0.3) is 0 Å². The Morgan fingerprint density at radius 3 is 1.33 bits per heavy atom. The second kappa shape index (κ2) is 8.00. The van der Waals surface area contributed by atoms with Crippen LogP contribution in [0.25, 0.3) is 0 Å². The van der Waals surface area contributed by atoms with Crippen molar-refractivity contribution in [2.75, 3.05) is 14.2 Å². The Morgan fingerprint density at radius 1 is 0.708 bits per heavy atom. The Kier molecular flexibility index (Phi) is 6.48. The summed E-state index contributed by atoms with van der Waals surface area (Å²) < 4.78 is 10.4. The first-order valence-corrected chi connectivity index (χ1v) is 8.39. The van der Waals surface area contributed by atoms with E-state index in [1.54, 1.807) is 24.3 Å². The second-order valence-electron chi connectivity index (χ2n) is 5.01. The zero-order chi connectivity index (χ0) is 18.0. The topological polar surface area (TPSA) is 70.5 Å². The Bertz CT molecular complexity index is 692. The van der Waals surface area contributed by atoms with Crippen LogP contribution in [0.5, 0.6) is 11.5 Å². The van der Waals surface area contributed by atoms with Gasteiger partial charge in [-0.15, -0.1) is 0 Å². The van der Waals surface area contributed by atoms with Gasteiger partial charge in [-0.2, -0.15) is 0 Å². The van der Waals surface area contributed by atoms with Gasteiger partial charge in [-0.05, 0) is 24.3 Å². The SMILES string of the molecule is COc1ccc(Cl)c([C@@H](N)[C@@H](N)c2c(Cl)ccc(OC)c2Cl)c1Cl. The van der Waals surface area contributed by atoms with Crippen LogP contribution in [0.4, 0.5) is 0 Å². The van der Waals surface area contributed by atoms with E-state index in [4.69, 9.17) is 67.3 Å². The molecule has 24 heavy (non-hydrogen) atoms. The number of hydrogen-bond donors (Lipinski definition) is 2. The summed E-state index contributed by atoms with van der Waals surface area (Å²) in [5.41, 5.74) is 13.6. The molecular formula is C16H16Cl4N2O2. The second-order valence-corrected chi connectivity index (χ2v) is 6.58. The van der Waals surface area contributed by atoms with Crippen LogP contribution in [0.15, 0.2) is 24.3 Å². The summed E-state index contributed by atoms with van der Waals surface area (Å²) in [5, 5.41) is 1.34. The van der Waals surface area contributed by atoms with E-state index in [1.807, 2.05) is 0 Å². The molecule has 4 N–H and O–H groups in total. The fourth-order valence-electron chi connectivity index (χ4n) is 2.38. The minimum Gasteiger partial charge on any atom is -0.495 e. The molecule has 2 aromatic rings. The number of halogens is 4. The minimum absolute atomic E-state index is 0.295. The van der Waals surface area contributed by atoms with Crippen molar-refractivity contribution in [3.05, 3.63) is 55.5 Å². The maximum Gasteiger partial charge on any atom is 0.137 e. The van der Waals surface area contributed by atoms with E-state index in [0.29, 0.717) is 42.7 Å². The third-order valence-corrected chi connectivity index (χ3v) is 5.11. The predicted octanol–water partition coefficient (Wildman–Crippen LogP) is 5.02. The fourth-order valence-corrected chi connectivity index (χ4v) is 3.78.